The van der Waals surface area contributed by atoms with E-state index in [0.29, 0.717) is 5.82 Å². The van der Waals surface area contributed by atoms with E-state index in [-0.39, 0.29) is 11.5 Å². The van der Waals surface area contributed by atoms with Gasteiger partial charge < -0.3 is 5.32 Å². The van der Waals surface area contributed by atoms with Crippen LogP contribution in [0.2, 0.25) is 0 Å². The van der Waals surface area contributed by atoms with Crippen molar-refractivity contribution in [1.29, 1.82) is 0 Å². The number of fused-ring (bicyclic) bond motifs is 4. The summed E-state index contributed by atoms with van der Waals surface area (Å²) in [5, 5.41) is 15.6. The summed E-state index contributed by atoms with van der Waals surface area (Å²) in [6.07, 6.45) is 6.51. The Morgan fingerprint density at radius 3 is 2.89 bits per heavy atom. The van der Waals surface area contributed by atoms with Crippen LogP contribution in [0.3, 0.4) is 0 Å². The van der Waals surface area contributed by atoms with Gasteiger partial charge in [0, 0.05) is 54.3 Å². The summed E-state index contributed by atoms with van der Waals surface area (Å²) in [5.74, 6) is 6.73. The molecular weight excluding hydrogens is 436 g/mol. The molecule has 0 amide bonds. The first-order chi connectivity index (χ1) is 17.2. The molecule has 7 rings (SSSR count). The monoisotopic (exact) mass is 462 g/mol. The fourth-order valence-electron chi connectivity index (χ4n) is 5.70. The van der Waals surface area contributed by atoms with Crippen LogP contribution in [0.25, 0.3) is 22.3 Å². The highest BCUT2D eigenvalue weighted by molar-refractivity contribution is 5.79. The van der Waals surface area contributed by atoms with Gasteiger partial charge in [0.1, 0.15) is 11.7 Å². The van der Waals surface area contributed by atoms with Crippen LogP contribution in [0, 0.1) is 0 Å². The number of nitrogens with one attached hydrogen (secondary N) is 1. The van der Waals surface area contributed by atoms with Crippen LogP contribution >= 0.6 is 0 Å². The van der Waals surface area contributed by atoms with Crippen molar-refractivity contribution < 1.29 is 0 Å². The van der Waals surface area contributed by atoms with Crippen molar-refractivity contribution in [3.05, 3.63) is 77.7 Å². The molecule has 1 saturated heterocycles. The molecule has 1 unspecified atom stereocenters. The van der Waals surface area contributed by atoms with E-state index in [1.807, 2.05) is 17.3 Å². The van der Waals surface area contributed by atoms with E-state index in [2.05, 4.69) is 68.0 Å². The molecule has 3 N–H and O–H groups in total. The molecule has 1 fully saturated rings. The molecule has 35 heavy (non-hydrogen) atoms. The Hall–Kier alpha value is -3.75. The van der Waals surface area contributed by atoms with Gasteiger partial charge in [0.2, 0.25) is 0 Å². The van der Waals surface area contributed by atoms with Crippen molar-refractivity contribution >= 4 is 22.3 Å². The molecule has 8 heteroatoms. The molecule has 2 aromatic carbocycles. The number of pyridine rings is 1. The second-order valence-electron chi connectivity index (χ2n) is 9.86. The van der Waals surface area contributed by atoms with Gasteiger partial charge >= 0.3 is 0 Å². The van der Waals surface area contributed by atoms with Crippen molar-refractivity contribution in [1.82, 2.24) is 20.0 Å². The maximum Gasteiger partial charge on any atom is 0.159 e. The molecule has 4 aromatic rings. The first kappa shape index (κ1) is 20.6. The highest BCUT2D eigenvalue weighted by atomic mass is 15.4. The number of piperidine rings is 1. The molecular formula is C27H26N8. The predicted octanol–water partition coefficient (Wildman–Crippen LogP) is 4.71. The van der Waals surface area contributed by atoms with Gasteiger partial charge in [-0.05, 0) is 48.2 Å². The van der Waals surface area contributed by atoms with E-state index in [4.69, 9.17) is 10.8 Å². The smallest absolute Gasteiger partial charge is 0.159 e. The molecule has 5 heterocycles. The Balaban J connectivity index is 1.17. The number of rotatable bonds is 3. The molecule has 174 valence electrons. The number of hydrogen-bond donors (Lipinski definition) is 2. The van der Waals surface area contributed by atoms with Crippen molar-refractivity contribution in [3.8, 4) is 11.4 Å². The Morgan fingerprint density at radius 2 is 1.97 bits per heavy atom. The minimum Gasteiger partial charge on any atom is -0.384 e. The lowest BCUT2D eigenvalue weighted by Gasteiger charge is -2.37. The van der Waals surface area contributed by atoms with Crippen LogP contribution < -0.4 is 11.2 Å². The maximum absolute atomic E-state index is 6.01. The van der Waals surface area contributed by atoms with Gasteiger partial charge in [-0.25, -0.2) is 15.0 Å². The first-order valence-electron chi connectivity index (χ1n) is 12.2. The van der Waals surface area contributed by atoms with Crippen molar-refractivity contribution in [3.63, 3.8) is 0 Å². The topological polar surface area (TPSA) is 105 Å². The summed E-state index contributed by atoms with van der Waals surface area (Å²) >= 11 is 0. The SMILES string of the molecule is NN1CCC2(CC1)CNc1cc(-c3ncc4c(n3)C(Cc3ccc5ncccc5c3)N=N4)ccc12. The zero-order chi connectivity index (χ0) is 23.4. The summed E-state index contributed by atoms with van der Waals surface area (Å²) in [6.45, 7) is 2.82. The van der Waals surface area contributed by atoms with Crippen LogP contribution in [0.5, 0.6) is 0 Å². The molecule has 2 aromatic heterocycles. The Bertz CT molecular complexity index is 1470. The molecule has 0 aliphatic carbocycles. The second-order valence-corrected chi connectivity index (χ2v) is 9.86. The number of anilines is 1. The van der Waals surface area contributed by atoms with Crippen LogP contribution in [-0.2, 0) is 11.8 Å². The average Bonchev–Trinajstić information content (AvgIpc) is 3.46. The standard InChI is InChI=1S/C27H26N8/c28-35-10-7-27(8-11-35)16-31-22-14-19(4-5-20(22)27)26-30-15-24-25(32-26)23(33-34-24)13-17-3-6-21-18(12-17)2-1-9-29-21/h1-6,9,12,14-15,23,31H,7-8,10-11,13,16,28H2. The zero-order valence-corrected chi connectivity index (χ0v) is 19.4. The van der Waals surface area contributed by atoms with E-state index in [9.17, 15) is 0 Å². The molecule has 8 nitrogen and oxygen atoms in total. The molecule has 0 bridgehead atoms. The largest absolute Gasteiger partial charge is 0.384 e. The van der Waals surface area contributed by atoms with Gasteiger partial charge in [0.25, 0.3) is 0 Å². The van der Waals surface area contributed by atoms with E-state index in [1.54, 1.807) is 6.20 Å². The number of azo groups is 1. The molecule has 0 radical (unpaired) electrons. The van der Waals surface area contributed by atoms with Crippen molar-refractivity contribution in [2.45, 2.75) is 30.7 Å². The number of nitrogens with zero attached hydrogens (tertiary/aromatic N) is 6. The molecule has 3 aliphatic rings. The minimum atomic E-state index is -0.113. The van der Waals surface area contributed by atoms with E-state index >= 15 is 0 Å². The number of hydrazine groups is 1. The lowest BCUT2D eigenvalue weighted by molar-refractivity contribution is 0.171. The minimum absolute atomic E-state index is 0.113. The van der Waals surface area contributed by atoms with Gasteiger partial charge in [0.05, 0.1) is 17.4 Å². The summed E-state index contributed by atoms with van der Waals surface area (Å²) in [6, 6.07) is 16.9. The Kier molecular flexibility index (Phi) is 4.65. The summed E-state index contributed by atoms with van der Waals surface area (Å²) in [7, 11) is 0. The van der Waals surface area contributed by atoms with Gasteiger partial charge in [-0.1, -0.05) is 24.3 Å². The third-order valence-electron chi connectivity index (χ3n) is 7.74. The fourth-order valence-corrected chi connectivity index (χ4v) is 5.70. The first-order valence-corrected chi connectivity index (χ1v) is 12.2. The Morgan fingerprint density at radius 1 is 1.06 bits per heavy atom. The summed E-state index contributed by atoms with van der Waals surface area (Å²) < 4.78 is 0. The van der Waals surface area contributed by atoms with Crippen LogP contribution in [0.1, 0.15) is 35.7 Å². The van der Waals surface area contributed by atoms with Crippen LogP contribution in [0.15, 0.2) is 71.2 Å². The van der Waals surface area contributed by atoms with E-state index in [1.165, 1.54) is 16.8 Å². The normalized spacial score (nSPS) is 20.2. The van der Waals surface area contributed by atoms with Crippen molar-refractivity contribution in [2.24, 2.45) is 16.1 Å². The molecule has 0 saturated carbocycles. The molecule has 1 atom stereocenters. The lowest BCUT2D eigenvalue weighted by Crippen LogP contribution is -2.46. The number of benzene rings is 2. The molecule has 3 aliphatic heterocycles. The Labute approximate surface area is 203 Å². The summed E-state index contributed by atoms with van der Waals surface area (Å²) in [5.41, 5.74) is 7.61. The number of hydrogen-bond acceptors (Lipinski definition) is 8. The number of aromatic nitrogens is 3. The van der Waals surface area contributed by atoms with Gasteiger partial charge in [-0.15, -0.1) is 0 Å². The third-order valence-corrected chi connectivity index (χ3v) is 7.74. The van der Waals surface area contributed by atoms with Crippen molar-refractivity contribution in [2.75, 3.05) is 25.0 Å². The second kappa shape index (κ2) is 7.90. The fraction of sp³-hybridized carbons (Fsp3) is 0.296. The maximum atomic E-state index is 6.01. The third kappa shape index (κ3) is 3.48. The van der Waals surface area contributed by atoms with E-state index < -0.39 is 0 Å². The highest BCUT2D eigenvalue weighted by Gasteiger charge is 2.41. The predicted molar refractivity (Wildman–Crippen MR) is 135 cm³/mol. The van der Waals surface area contributed by atoms with E-state index in [0.717, 1.165) is 66.7 Å². The number of nitrogens with two attached hydrogens (primary N) is 1. The molecule has 1 spiro atoms. The van der Waals surface area contributed by atoms with Gasteiger partial charge in [-0.3, -0.25) is 10.8 Å². The van der Waals surface area contributed by atoms with Gasteiger partial charge in [0.15, 0.2) is 5.82 Å². The zero-order valence-electron chi connectivity index (χ0n) is 19.4. The quantitative estimate of drug-likeness (QED) is 0.428. The van der Waals surface area contributed by atoms with Gasteiger partial charge in [-0.2, -0.15) is 10.2 Å². The van der Waals surface area contributed by atoms with Crippen LogP contribution in [-0.4, -0.2) is 39.6 Å². The summed E-state index contributed by atoms with van der Waals surface area (Å²) in [4.78, 5) is 14.0. The van der Waals surface area contributed by atoms with Crippen LogP contribution in [0.4, 0.5) is 11.4 Å². The highest BCUT2D eigenvalue weighted by Crippen LogP contribution is 2.45. The lowest BCUT2D eigenvalue weighted by atomic mass is 9.74. The average molecular weight is 463 g/mol.